The number of hydrogen-bond acceptors (Lipinski definition) is 4. The minimum absolute atomic E-state index is 0.0978. The molecule has 0 spiro atoms. The van der Waals surface area contributed by atoms with E-state index in [0.717, 1.165) is 31.2 Å². The van der Waals surface area contributed by atoms with E-state index in [1.165, 1.54) is 0 Å². The molecule has 0 aliphatic rings. The molecule has 0 bridgehead atoms. The van der Waals surface area contributed by atoms with Crippen LogP contribution in [0.1, 0.15) is 22.8 Å². The standard InChI is InChI=1S/C20H18F2N2O5/c1-12(25)23-16(11-13-5-3-2-4-6-13)17(26)20(21,22)19(29)24-15-9-7-14(8-10-15)18(27)28/h2-10,16H,11H2,1H3,(H,23,25)(H,24,29)(H,27,28). The molecule has 0 aliphatic heterocycles. The van der Waals surface area contributed by atoms with Crippen LogP contribution in [0.25, 0.3) is 0 Å². The van der Waals surface area contributed by atoms with Crippen LogP contribution in [0.3, 0.4) is 0 Å². The van der Waals surface area contributed by atoms with Crippen LogP contribution in [0.2, 0.25) is 0 Å². The fourth-order valence-electron chi connectivity index (χ4n) is 2.54. The van der Waals surface area contributed by atoms with Crippen molar-refractivity contribution < 1.29 is 33.1 Å². The number of hydrogen-bond donors (Lipinski definition) is 3. The number of anilines is 1. The largest absolute Gasteiger partial charge is 0.478 e. The van der Waals surface area contributed by atoms with Crippen molar-refractivity contribution in [3.8, 4) is 0 Å². The molecule has 152 valence electrons. The van der Waals surface area contributed by atoms with E-state index < -0.39 is 35.5 Å². The molecule has 9 heteroatoms. The Labute approximate surface area is 164 Å². The van der Waals surface area contributed by atoms with Gasteiger partial charge in [-0.2, -0.15) is 8.78 Å². The van der Waals surface area contributed by atoms with E-state index in [-0.39, 0.29) is 17.7 Å². The normalized spacial score (nSPS) is 12.0. The lowest BCUT2D eigenvalue weighted by Gasteiger charge is -2.22. The average Bonchev–Trinajstić information content (AvgIpc) is 2.67. The molecule has 29 heavy (non-hydrogen) atoms. The summed E-state index contributed by atoms with van der Waals surface area (Å²) in [5, 5.41) is 12.9. The van der Waals surface area contributed by atoms with Gasteiger partial charge in [0, 0.05) is 19.0 Å². The van der Waals surface area contributed by atoms with Crippen molar-refractivity contribution in [1.82, 2.24) is 5.32 Å². The number of carboxylic acid groups (broad SMARTS) is 1. The number of halogens is 2. The highest BCUT2D eigenvalue weighted by Crippen LogP contribution is 2.22. The number of aromatic carboxylic acids is 1. The number of carbonyl (C=O) groups excluding carboxylic acids is 3. The molecule has 0 saturated carbocycles. The van der Waals surface area contributed by atoms with Gasteiger partial charge in [0.2, 0.25) is 11.7 Å². The molecule has 0 aromatic heterocycles. The molecule has 3 N–H and O–H groups in total. The highest BCUT2D eigenvalue weighted by atomic mass is 19.3. The molecule has 0 fully saturated rings. The van der Waals surface area contributed by atoms with Gasteiger partial charge in [0.25, 0.3) is 0 Å². The average molecular weight is 404 g/mol. The highest BCUT2D eigenvalue weighted by Gasteiger charge is 2.50. The Bertz CT molecular complexity index is 914. The zero-order valence-electron chi connectivity index (χ0n) is 15.3. The van der Waals surface area contributed by atoms with Crippen LogP contribution in [-0.2, 0) is 20.8 Å². The van der Waals surface area contributed by atoms with Crippen LogP contribution in [-0.4, -0.2) is 40.6 Å². The van der Waals surface area contributed by atoms with Crippen LogP contribution >= 0.6 is 0 Å². The third-order valence-corrected chi connectivity index (χ3v) is 3.96. The first-order valence-corrected chi connectivity index (χ1v) is 8.49. The SMILES string of the molecule is CC(=O)NC(Cc1ccccc1)C(=O)C(F)(F)C(=O)Nc1ccc(C(=O)O)cc1. The minimum Gasteiger partial charge on any atom is -0.478 e. The Morgan fingerprint density at radius 2 is 1.59 bits per heavy atom. The van der Waals surface area contributed by atoms with Crippen LogP contribution in [0.4, 0.5) is 14.5 Å². The van der Waals surface area contributed by atoms with Crippen molar-refractivity contribution >= 4 is 29.3 Å². The number of carboxylic acids is 1. The van der Waals surface area contributed by atoms with Crippen LogP contribution < -0.4 is 10.6 Å². The van der Waals surface area contributed by atoms with Gasteiger partial charge in [0.1, 0.15) is 0 Å². The van der Waals surface area contributed by atoms with Crippen LogP contribution in [0.5, 0.6) is 0 Å². The highest BCUT2D eigenvalue weighted by molar-refractivity contribution is 6.14. The Balaban J connectivity index is 2.17. The number of benzene rings is 2. The molecule has 2 aromatic rings. The molecule has 1 atom stereocenters. The summed E-state index contributed by atoms with van der Waals surface area (Å²) < 4.78 is 29.0. The molecule has 2 rings (SSSR count). The predicted octanol–water partition coefficient (Wildman–Crippen LogP) is 2.28. The van der Waals surface area contributed by atoms with Crippen LogP contribution in [0.15, 0.2) is 54.6 Å². The summed E-state index contributed by atoms with van der Waals surface area (Å²) in [6.45, 7) is 1.08. The predicted molar refractivity (Wildman–Crippen MR) is 99.7 cm³/mol. The topological polar surface area (TPSA) is 113 Å². The van der Waals surface area contributed by atoms with Crippen molar-refractivity contribution in [2.24, 2.45) is 0 Å². The molecule has 0 heterocycles. The molecular weight excluding hydrogens is 386 g/mol. The molecule has 0 saturated heterocycles. The second-order valence-corrected chi connectivity index (χ2v) is 6.22. The second kappa shape index (κ2) is 9.05. The summed E-state index contributed by atoms with van der Waals surface area (Å²) in [6.07, 6.45) is -0.213. The summed E-state index contributed by atoms with van der Waals surface area (Å²) in [6, 6.07) is 11.1. The van der Waals surface area contributed by atoms with Gasteiger partial charge in [0.05, 0.1) is 11.6 Å². The fraction of sp³-hybridized carbons (Fsp3) is 0.200. The number of amides is 2. The van der Waals surface area contributed by atoms with Gasteiger partial charge in [-0.3, -0.25) is 14.4 Å². The maximum absolute atomic E-state index is 14.5. The van der Waals surface area contributed by atoms with E-state index >= 15 is 0 Å². The Hall–Kier alpha value is -3.62. The molecule has 2 aromatic carbocycles. The lowest BCUT2D eigenvalue weighted by Crippen LogP contribution is -2.53. The molecule has 7 nitrogen and oxygen atoms in total. The fourth-order valence-corrected chi connectivity index (χ4v) is 2.54. The summed E-state index contributed by atoms with van der Waals surface area (Å²) in [5.41, 5.74) is 0.325. The van der Waals surface area contributed by atoms with Crippen molar-refractivity contribution in [3.63, 3.8) is 0 Å². The molecular formula is C20H18F2N2O5. The quantitative estimate of drug-likeness (QED) is 0.585. The van der Waals surface area contributed by atoms with Gasteiger partial charge in [-0.1, -0.05) is 30.3 Å². The number of rotatable bonds is 8. The van der Waals surface area contributed by atoms with E-state index in [4.69, 9.17) is 5.11 Å². The number of alkyl halides is 2. The second-order valence-electron chi connectivity index (χ2n) is 6.22. The molecule has 0 aliphatic carbocycles. The number of ketones is 1. The van der Waals surface area contributed by atoms with Gasteiger partial charge in [-0.15, -0.1) is 0 Å². The van der Waals surface area contributed by atoms with E-state index in [0.29, 0.717) is 5.56 Å². The summed E-state index contributed by atoms with van der Waals surface area (Å²) >= 11 is 0. The first-order valence-electron chi connectivity index (χ1n) is 8.49. The monoisotopic (exact) mass is 404 g/mol. The molecule has 2 amide bonds. The van der Waals surface area contributed by atoms with E-state index in [9.17, 15) is 28.0 Å². The lowest BCUT2D eigenvalue weighted by molar-refractivity contribution is -0.157. The summed E-state index contributed by atoms with van der Waals surface area (Å²) in [5.74, 6) is -9.97. The van der Waals surface area contributed by atoms with Gasteiger partial charge < -0.3 is 15.7 Å². The van der Waals surface area contributed by atoms with E-state index in [1.807, 2.05) is 5.32 Å². The number of Topliss-reactive ketones (excluding diaryl/α,β-unsaturated/α-hetero) is 1. The summed E-state index contributed by atoms with van der Waals surface area (Å²) in [4.78, 5) is 46.6. The van der Waals surface area contributed by atoms with Gasteiger partial charge >= 0.3 is 17.8 Å². The van der Waals surface area contributed by atoms with Gasteiger partial charge in [0.15, 0.2) is 0 Å². The zero-order chi connectivity index (χ0) is 21.6. The Kier molecular flexibility index (Phi) is 6.76. The first kappa shape index (κ1) is 21.7. The van der Waals surface area contributed by atoms with Crippen molar-refractivity contribution in [3.05, 3.63) is 65.7 Å². The van der Waals surface area contributed by atoms with E-state index in [2.05, 4.69) is 5.32 Å². The van der Waals surface area contributed by atoms with Crippen molar-refractivity contribution in [2.75, 3.05) is 5.32 Å². The zero-order valence-corrected chi connectivity index (χ0v) is 15.3. The number of nitrogens with one attached hydrogen (secondary N) is 2. The van der Waals surface area contributed by atoms with Crippen molar-refractivity contribution in [2.45, 2.75) is 25.3 Å². The third-order valence-electron chi connectivity index (χ3n) is 3.96. The molecule has 1 unspecified atom stereocenters. The smallest absolute Gasteiger partial charge is 0.383 e. The van der Waals surface area contributed by atoms with Crippen molar-refractivity contribution in [1.29, 1.82) is 0 Å². The third kappa shape index (κ3) is 5.68. The maximum atomic E-state index is 14.5. The first-order chi connectivity index (χ1) is 13.6. The minimum atomic E-state index is -4.42. The summed E-state index contributed by atoms with van der Waals surface area (Å²) in [7, 11) is 0. The molecule has 0 radical (unpaired) electrons. The van der Waals surface area contributed by atoms with Crippen LogP contribution in [0, 0.1) is 0 Å². The number of carbonyl (C=O) groups is 4. The van der Waals surface area contributed by atoms with Gasteiger partial charge in [-0.05, 0) is 29.8 Å². The lowest BCUT2D eigenvalue weighted by atomic mass is 9.98. The van der Waals surface area contributed by atoms with Gasteiger partial charge in [-0.25, -0.2) is 4.79 Å². The Morgan fingerprint density at radius 1 is 1.00 bits per heavy atom. The van der Waals surface area contributed by atoms with E-state index in [1.54, 1.807) is 30.3 Å². The maximum Gasteiger partial charge on any atom is 0.383 e. The Morgan fingerprint density at radius 3 is 2.10 bits per heavy atom.